The van der Waals surface area contributed by atoms with Crippen molar-refractivity contribution >= 4 is 40.1 Å². The smallest absolute Gasteiger partial charge is 0.358 e. The standard InChI is InChI=1S/C11H6Cl2F3N3O4S/c12-7-1-6(11(14,15)16)2-8(13)9(7)18-3-5(4-24(22)23)10(17-18)19(20)21/h1-3H,4H2,(H,22,23). The summed E-state index contributed by atoms with van der Waals surface area (Å²) in [7, 11) is 0. The molecule has 1 N–H and O–H groups in total. The molecule has 2 rings (SSSR count). The Morgan fingerprint density at radius 1 is 1.33 bits per heavy atom. The Morgan fingerprint density at radius 2 is 1.88 bits per heavy atom. The minimum atomic E-state index is -4.68. The van der Waals surface area contributed by atoms with Crippen LogP contribution in [0.3, 0.4) is 0 Å². The molecular weight excluding hydrogens is 398 g/mol. The van der Waals surface area contributed by atoms with E-state index < -0.39 is 49.4 Å². The Kier molecular flexibility index (Phi) is 5.18. The van der Waals surface area contributed by atoms with Gasteiger partial charge in [0.25, 0.3) is 0 Å². The van der Waals surface area contributed by atoms with E-state index in [-0.39, 0.29) is 11.3 Å². The molecular formula is C11H6Cl2F3N3O4S. The predicted molar refractivity (Wildman–Crippen MR) is 79.7 cm³/mol. The first-order chi connectivity index (χ1) is 11.0. The minimum Gasteiger partial charge on any atom is -0.358 e. The normalized spacial score (nSPS) is 13.1. The van der Waals surface area contributed by atoms with Crippen LogP contribution in [0, 0.1) is 10.1 Å². The Bertz CT molecular complexity index is 817. The summed E-state index contributed by atoms with van der Waals surface area (Å²) in [6.07, 6.45) is -3.67. The van der Waals surface area contributed by atoms with E-state index in [1.165, 1.54) is 0 Å². The van der Waals surface area contributed by atoms with Gasteiger partial charge in [-0.3, -0.25) is 0 Å². The van der Waals surface area contributed by atoms with E-state index in [2.05, 4.69) is 5.10 Å². The van der Waals surface area contributed by atoms with Gasteiger partial charge in [0.1, 0.15) is 5.69 Å². The first-order valence-corrected chi connectivity index (χ1v) is 7.91. The number of alkyl halides is 3. The van der Waals surface area contributed by atoms with Crippen molar-refractivity contribution < 1.29 is 26.9 Å². The van der Waals surface area contributed by atoms with Gasteiger partial charge in [0, 0.05) is 0 Å². The summed E-state index contributed by atoms with van der Waals surface area (Å²) < 4.78 is 58.6. The fourth-order valence-electron chi connectivity index (χ4n) is 1.85. The molecule has 1 unspecified atom stereocenters. The molecule has 0 amide bonds. The van der Waals surface area contributed by atoms with Crippen LogP contribution in [0.2, 0.25) is 10.0 Å². The molecule has 13 heteroatoms. The van der Waals surface area contributed by atoms with Crippen molar-refractivity contribution in [3.8, 4) is 5.69 Å². The Balaban J connectivity index is 2.60. The molecule has 24 heavy (non-hydrogen) atoms. The molecule has 0 aliphatic carbocycles. The molecule has 0 aliphatic heterocycles. The Hall–Kier alpha value is -1.69. The third kappa shape index (κ3) is 3.86. The highest BCUT2D eigenvalue weighted by Gasteiger charge is 2.33. The van der Waals surface area contributed by atoms with Gasteiger partial charge in [-0.15, -0.1) is 4.68 Å². The molecule has 1 atom stereocenters. The largest absolute Gasteiger partial charge is 0.416 e. The van der Waals surface area contributed by atoms with Crippen LogP contribution < -0.4 is 0 Å². The number of nitro groups is 1. The third-order valence-electron chi connectivity index (χ3n) is 2.79. The summed E-state index contributed by atoms with van der Waals surface area (Å²) in [6, 6.07) is 1.19. The lowest BCUT2D eigenvalue weighted by Crippen LogP contribution is -2.07. The van der Waals surface area contributed by atoms with Crippen molar-refractivity contribution in [1.29, 1.82) is 0 Å². The molecule has 0 saturated heterocycles. The van der Waals surface area contributed by atoms with Crippen LogP contribution in [0.15, 0.2) is 18.3 Å². The zero-order valence-electron chi connectivity index (χ0n) is 11.3. The maximum absolute atomic E-state index is 12.7. The fourth-order valence-corrected chi connectivity index (χ4v) is 2.98. The van der Waals surface area contributed by atoms with Crippen molar-refractivity contribution in [3.63, 3.8) is 0 Å². The SMILES string of the molecule is O=[N+]([O-])c1nn(-c2c(Cl)cc(C(F)(F)F)cc2Cl)cc1CS(=O)O. The number of benzene rings is 1. The summed E-state index contributed by atoms with van der Waals surface area (Å²) in [6.45, 7) is 0. The lowest BCUT2D eigenvalue weighted by Gasteiger charge is -2.10. The number of hydrogen-bond donors (Lipinski definition) is 1. The second-order valence-electron chi connectivity index (χ2n) is 4.43. The van der Waals surface area contributed by atoms with Gasteiger partial charge in [-0.25, -0.2) is 4.21 Å². The van der Waals surface area contributed by atoms with E-state index in [1.54, 1.807) is 0 Å². The highest BCUT2D eigenvalue weighted by Crippen LogP contribution is 2.37. The van der Waals surface area contributed by atoms with E-state index in [0.29, 0.717) is 12.1 Å². The number of halogens is 5. The number of rotatable bonds is 4. The Labute approximate surface area is 144 Å². The van der Waals surface area contributed by atoms with Gasteiger partial charge in [-0.1, -0.05) is 23.2 Å². The zero-order chi connectivity index (χ0) is 18.2. The van der Waals surface area contributed by atoms with Gasteiger partial charge >= 0.3 is 12.0 Å². The van der Waals surface area contributed by atoms with Gasteiger partial charge in [0.15, 0.2) is 11.1 Å². The van der Waals surface area contributed by atoms with Crippen molar-refractivity contribution in [1.82, 2.24) is 9.78 Å². The highest BCUT2D eigenvalue weighted by atomic mass is 35.5. The molecule has 1 heterocycles. The number of aromatic nitrogens is 2. The topological polar surface area (TPSA) is 98.3 Å². The predicted octanol–water partition coefficient (Wildman–Crippen LogP) is 3.83. The van der Waals surface area contributed by atoms with Gasteiger partial charge in [-0.2, -0.15) is 13.2 Å². The van der Waals surface area contributed by atoms with Crippen molar-refractivity contribution in [2.45, 2.75) is 11.9 Å². The van der Waals surface area contributed by atoms with E-state index in [9.17, 15) is 27.5 Å². The highest BCUT2D eigenvalue weighted by molar-refractivity contribution is 7.78. The van der Waals surface area contributed by atoms with Crippen LogP contribution in [0.1, 0.15) is 11.1 Å². The average molecular weight is 404 g/mol. The summed E-state index contributed by atoms with van der Waals surface area (Å²) in [4.78, 5) is 10.0. The lowest BCUT2D eigenvalue weighted by molar-refractivity contribution is -0.390. The summed E-state index contributed by atoms with van der Waals surface area (Å²) >= 11 is 9.21. The van der Waals surface area contributed by atoms with Gasteiger partial charge in [-0.05, 0) is 17.1 Å². The molecule has 130 valence electrons. The van der Waals surface area contributed by atoms with Crippen LogP contribution in [-0.2, 0) is 23.0 Å². The van der Waals surface area contributed by atoms with E-state index in [1.807, 2.05) is 0 Å². The van der Waals surface area contributed by atoms with Crippen LogP contribution in [0.25, 0.3) is 5.69 Å². The average Bonchev–Trinajstić information content (AvgIpc) is 2.79. The van der Waals surface area contributed by atoms with Gasteiger partial charge in [0.05, 0.1) is 38.2 Å². The van der Waals surface area contributed by atoms with Crippen molar-refractivity contribution in [2.75, 3.05) is 0 Å². The lowest BCUT2D eigenvalue weighted by atomic mass is 10.2. The van der Waals surface area contributed by atoms with Crippen molar-refractivity contribution in [2.24, 2.45) is 0 Å². The third-order valence-corrected chi connectivity index (χ3v) is 3.93. The summed E-state index contributed by atoms with van der Waals surface area (Å²) in [5.74, 6) is -1.32. The molecule has 7 nitrogen and oxygen atoms in total. The molecule has 2 aromatic rings. The second-order valence-corrected chi connectivity index (χ2v) is 6.18. The second kappa shape index (κ2) is 6.67. The maximum atomic E-state index is 12.7. The first-order valence-electron chi connectivity index (χ1n) is 5.87. The maximum Gasteiger partial charge on any atom is 0.416 e. The molecule has 0 aliphatic rings. The molecule has 1 aromatic heterocycles. The van der Waals surface area contributed by atoms with Crippen LogP contribution >= 0.6 is 23.2 Å². The molecule has 0 radical (unpaired) electrons. The monoisotopic (exact) mass is 403 g/mol. The molecule has 0 saturated carbocycles. The van der Waals surface area contributed by atoms with E-state index in [0.717, 1.165) is 10.9 Å². The Morgan fingerprint density at radius 3 is 2.29 bits per heavy atom. The molecule has 1 aromatic carbocycles. The fraction of sp³-hybridized carbons (Fsp3) is 0.182. The van der Waals surface area contributed by atoms with Crippen LogP contribution in [0.5, 0.6) is 0 Å². The minimum absolute atomic E-state index is 0.201. The summed E-state index contributed by atoms with van der Waals surface area (Å²) in [5.41, 5.74) is -1.52. The first kappa shape index (κ1) is 18.6. The zero-order valence-corrected chi connectivity index (χ0v) is 13.6. The van der Waals surface area contributed by atoms with Gasteiger partial charge in [0.2, 0.25) is 0 Å². The quantitative estimate of drug-likeness (QED) is 0.475. The van der Waals surface area contributed by atoms with Crippen LogP contribution in [-0.4, -0.2) is 23.5 Å². The van der Waals surface area contributed by atoms with E-state index in [4.69, 9.17) is 27.8 Å². The molecule has 0 bridgehead atoms. The van der Waals surface area contributed by atoms with Crippen LogP contribution in [0.4, 0.5) is 19.0 Å². The molecule has 0 spiro atoms. The molecule has 0 fully saturated rings. The number of nitrogens with zero attached hydrogens (tertiary/aromatic N) is 3. The summed E-state index contributed by atoms with van der Waals surface area (Å²) in [5, 5.41) is 13.6. The number of hydrogen-bond acceptors (Lipinski definition) is 4. The van der Waals surface area contributed by atoms with Crippen molar-refractivity contribution in [3.05, 3.63) is 49.6 Å². The van der Waals surface area contributed by atoms with E-state index >= 15 is 0 Å². The van der Waals surface area contributed by atoms with Gasteiger partial charge < -0.3 is 14.7 Å².